The van der Waals surface area contributed by atoms with E-state index in [0.29, 0.717) is 13.1 Å². The molecule has 2 heterocycles. The lowest BCUT2D eigenvalue weighted by Crippen LogP contribution is -2.32. The SMILES string of the molecule is CCN(CCc1ccncc1)C(=O)c1cnon1. The lowest BCUT2D eigenvalue weighted by atomic mass is 10.2. The summed E-state index contributed by atoms with van der Waals surface area (Å²) in [6, 6.07) is 3.88. The van der Waals surface area contributed by atoms with Crippen LogP contribution >= 0.6 is 0 Å². The average molecular weight is 246 g/mol. The van der Waals surface area contributed by atoms with Crippen LogP contribution in [0.1, 0.15) is 23.0 Å². The monoisotopic (exact) mass is 246 g/mol. The Morgan fingerprint density at radius 1 is 1.39 bits per heavy atom. The molecule has 0 spiro atoms. The Morgan fingerprint density at radius 2 is 2.17 bits per heavy atom. The van der Waals surface area contributed by atoms with Crippen LogP contribution in [0.5, 0.6) is 0 Å². The van der Waals surface area contributed by atoms with Gasteiger partial charge in [-0.2, -0.15) is 0 Å². The molecule has 0 radical (unpaired) electrons. The molecule has 0 saturated heterocycles. The summed E-state index contributed by atoms with van der Waals surface area (Å²) in [6.07, 6.45) is 5.61. The first kappa shape index (κ1) is 12.2. The molecule has 2 aromatic heterocycles. The zero-order valence-electron chi connectivity index (χ0n) is 10.1. The highest BCUT2D eigenvalue weighted by Gasteiger charge is 2.17. The van der Waals surface area contributed by atoms with Crippen LogP contribution < -0.4 is 0 Å². The van der Waals surface area contributed by atoms with Crippen LogP contribution in [0.25, 0.3) is 0 Å². The van der Waals surface area contributed by atoms with E-state index in [1.807, 2.05) is 19.1 Å². The summed E-state index contributed by atoms with van der Waals surface area (Å²) >= 11 is 0. The van der Waals surface area contributed by atoms with Crippen molar-refractivity contribution in [3.05, 3.63) is 42.0 Å². The summed E-state index contributed by atoms with van der Waals surface area (Å²) in [5.41, 5.74) is 1.39. The third-order valence-corrected chi connectivity index (χ3v) is 2.67. The maximum atomic E-state index is 12.0. The van der Waals surface area contributed by atoms with E-state index in [4.69, 9.17) is 0 Å². The molecule has 0 aliphatic rings. The highest BCUT2D eigenvalue weighted by Crippen LogP contribution is 2.04. The number of likely N-dealkylation sites (N-methyl/N-ethyl adjacent to an activating group) is 1. The van der Waals surface area contributed by atoms with E-state index >= 15 is 0 Å². The molecule has 0 bridgehead atoms. The predicted molar refractivity (Wildman–Crippen MR) is 63.8 cm³/mol. The Bertz CT molecular complexity index is 484. The minimum absolute atomic E-state index is 0.159. The largest absolute Gasteiger partial charge is 0.337 e. The van der Waals surface area contributed by atoms with Gasteiger partial charge in [-0.3, -0.25) is 9.78 Å². The number of carbonyl (C=O) groups excluding carboxylic acids is 1. The van der Waals surface area contributed by atoms with Gasteiger partial charge >= 0.3 is 0 Å². The van der Waals surface area contributed by atoms with Crippen LogP contribution in [0, 0.1) is 0 Å². The molecule has 6 heteroatoms. The number of nitrogens with zero attached hydrogens (tertiary/aromatic N) is 4. The molecule has 2 rings (SSSR count). The Hall–Kier alpha value is -2.24. The minimum Gasteiger partial charge on any atom is -0.337 e. The standard InChI is InChI=1S/C12H14N4O2/c1-2-16(12(17)11-9-14-18-15-11)8-5-10-3-6-13-7-4-10/h3-4,6-7,9H,2,5,8H2,1H3. The summed E-state index contributed by atoms with van der Waals surface area (Å²) in [5, 5.41) is 6.99. The summed E-state index contributed by atoms with van der Waals surface area (Å²) < 4.78 is 4.44. The molecule has 0 atom stereocenters. The molecule has 6 nitrogen and oxygen atoms in total. The summed E-state index contributed by atoms with van der Waals surface area (Å²) in [4.78, 5) is 17.7. The Morgan fingerprint density at radius 3 is 2.78 bits per heavy atom. The van der Waals surface area contributed by atoms with Gasteiger partial charge in [0.1, 0.15) is 6.20 Å². The van der Waals surface area contributed by atoms with Crippen molar-refractivity contribution in [1.29, 1.82) is 0 Å². The van der Waals surface area contributed by atoms with Gasteiger partial charge in [0.05, 0.1) is 0 Å². The van der Waals surface area contributed by atoms with Crippen LogP contribution in [0.15, 0.2) is 35.4 Å². The van der Waals surface area contributed by atoms with E-state index in [9.17, 15) is 4.79 Å². The third kappa shape index (κ3) is 2.91. The van der Waals surface area contributed by atoms with Crippen molar-refractivity contribution in [2.75, 3.05) is 13.1 Å². The number of carbonyl (C=O) groups is 1. The third-order valence-electron chi connectivity index (χ3n) is 2.67. The maximum absolute atomic E-state index is 12.0. The van der Waals surface area contributed by atoms with E-state index < -0.39 is 0 Å². The molecule has 0 fully saturated rings. The second-order valence-corrected chi connectivity index (χ2v) is 3.78. The summed E-state index contributed by atoms with van der Waals surface area (Å²) in [5.74, 6) is -0.159. The van der Waals surface area contributed by atoms with Crippen LogP contribution in [0.4, 0.5) is 0 Å². The van der Waals surface area contributed by atoms with Crippen LogP contribution in [0.2, 0.25) is 0 Å². The Labute approximate surface area is 105 Å². The molecular formula is C12H14N4O2. The number of rotatable bonds is 5. The molecule has 0 unspecified atom stereocenters. The van der Waals surface area contributed by atoms with E-state index in [1.165, 1.54) is 6.20 Å². The molecule has 2 aromatic rings. The Balaban J connectivity index is 1.96. The van der Waals surface area contributed by atoms with Gasteiger partial charge in [-0.1, -0.05) is 5.16 Å². The average Bonchev–Trinajstić information content (AvgIpc) is 2.94. The lowest BCUT2D eigenvalue weighted by molar-refractivity contribution is 0.0755. The van der Waals surface area contributed by atoms with Crippen LogP contribution in [0.3, 0.4) is 0 Å². The van der Waals surface area contributed by atoms with Crippen molar-refractivity contribution in [1.82, 2.24) is 20.2 Å². The number of amides is 1. The first-order valence-electron chi connectivity index (χ1n) is 5.77. The summed E-state index contributed by atoms with van der Waals surface area (Å²) in [6.45, 7) is 3.18. The number of pyridine rings is 1. The van der Waals surface area contributed by atoms with E-state index in [2.05, 4.69) is 19.9 Å². The molecule has 0 aliphatic carbocycles. The van der Waals surface area contributed by atoms with Gasteiger partial charge in [0.15, 0.2) is 5.69 Å². The normalized spacial score (nSPS) is 10.3. The maximum Gasteiger partial charge on any atom is 0.277 e. The van der Waals surface area contributed by atoms with Gasteiger partial charge < -0.3 is 4.90 Å². The van der Waals surface area contributed by atoms with Gasteiger partial charge in [-0.05, 0) is 36.2 Å². The van der Waals surface area contributed by atoms with Crippen LogP contribution in [-0.2, 0) is 6.42 Å². The van der Waals surface area contributed by atoms with Gasteiger partial charge in [0.25, 0.3) is 5.91 Å². The molecule has 0 aliphatic heterocycles. The first-order valence-corrected chi connectivity index (χ1v) is 5.77. The minimum atomic E-state index is -0.159. The molecule has 0 saturated carbocycles. The highest BCUT2D eigenvalue weighted by molar-refractivity contribution is 5.91. The van der Waals surface area contributed by atoms with Crippen molar-refractivity contribution in [2.24, 2.45) is 0 Å². The van der Waals surface area contributed by atoms with Gasteiger partial charge in [0, 0.05) is 25.5 Å². The zero-order chi connectivity index (χ0) is 12.8. The van der Waals surface area contributed by atoms with Gasteiger partial charge in [0.2, 0.25) is 0 Å². The molecule has 18 heavy (non-hydrogen) atoms. The van der Waals surface area contributed by atoms with Crippen molar-refractivity contribution < 1.29 is 9.42 Å². The Kier molecular flexibility index (Phi) is 4.01. The van der Waals surface area contributed by atoms with E-state index in [0.717, 1.165) is 12.0 Å². The number of hydrogen-bond donors (Lipinski definition) is 0. The zero-order valence-corrected chi connectivity index (χ0v) is 10.1. The van der Waals surface area contributed by atoms with E-state index in [1.54, 1.807) is 17.3 Å². The van der Waals surface area contributed by atoms with Gasteiger partial charge in [-0.25, -0.2) is 4.63 Å². The fraction of sp³-hybridized carbons (Fsp3) is 0.333. The molecule has 1 amide bonds. The van der Waals surface area contributed by atoms with Crippen molar-refractivity contribution in [2.45, 2.75) is 13.3 Å². The second kappa shape index (κ2) is 5.90. The highest BCUT2D eigenvalue weighted by atomic mass is 16.6. The first-order chi connectivity index (χ1) is 8.81. The lowest BCUT2D eigenvalue weighted by Gasteiger charge is -2.19. The smallest absolute Gasteiger partial charge is 0.277 e. The second-order valence-electron chi connectivity index (χ2n) is 3.78. The van der Waals surface area contributed by atoms with Crippen molar-refractivity contribution >= 4 is 5.91 Å². The molecular weight excluding hydrogens is 232 g/mol. The fourth-order valence-electron chi connectivity index (χ4n) is 1.64. The topological polar surface area (TPSA) is 72.1 Å². The quantitative estimate of drug-likeness (QED) is 0.791. The number of aromatic nitrogens is 3. The van der Waals surface area contributed by atoms with Crippen molar-refractivity contribution in [3.63, 3.8) is 0 Å². The fourth-order valence-corrected chi connectivity index (χ4v) is 1.64. The molecule has 0 N–H and O–H groups in total. The number of hydrogen-bond acceptors (Lipinski definition) is 5. The van der Waals surface area contributed by atoms with E-state index in [-0.39, 0.29) is 11.6 Å². The summed E-state index contributed by atoms with van der Waals surface area (Å²) in [7, 11) is 0. The van der Waals surface area contributed by atoms with Crippen molar-refractivity contribution in [3.8, 4) is 0 Å². The molecule has 0 aromatic carbocycles. The molecule has 94 valence electrons. The predicted octanol–water partition coefficient (Wildman–Crippen LogP) is 1.17. The van der Waals surface area contributed by atoms with Gasteiger partial charge in [-0.15, -0.1) is 0 Å². The van der Waals surface area contributed by atoms with Crippen LogP contribution in [-0.4, -0.2) is 39.2 Å².